The summed E-state index contributed by atoms with van der Waals surface area (Å²) in [5.41, 5.74) is 0.270. The summed E-state index contributed by atoms with van der Waals surface area (Å²) < 4.78 is 13.3. The Morgan fingerprint density at radius 3 is 2.67 bits per heavy atom. The summed E-state index contributed by atoms with van der Waals surface area (Å²) in [7, 11) is 0. The number of hydrogen-bond acceptors (Lipinski definition) is 2. The van der Waals surface area contributed by atoms with E-state index in [2.05, 4.69) is 10.6 Å². The molecule has 2 N–H and O–H groups in total. The molecule has 0 atom stereocenters. The van der Waals surface area contributed by atoms with Gasteiger partial charge in [-0.25, -0.2) is 4.39 Å². The van der Waals surface area contributed by atoms with Crippen LogP contribution in [0.5, 0.6) is 0 Å². The molecule has 0 spiro atoms. The summed E-state index contributed by atoms with van der Waals surface area (Å²) in [4.78, 5) is 11.7. The van der Waals surface area contributed by atoms with Crippen molar-refractivity contribution in [1.29, 1.82) is 0 Å². The minimum atomic E-state index is -0.383. The van der Waals surface area contributed by atoms with E-state index in [4.69, 9.17) is 0 Å². The van der Waals surface area contributed by atoms with E-state index < -0.39 is 0 Å². The molecule has 1 aliphatic heterocycles. The molecule has 0 aliphatic carbocycles. The van der Waals surface area contributed by atoms with Crippen LogP contribution in [0.3, 0.4) is 0 Å². The third kappa shape index (κ3) is 4.27. The van der Waals surface area contributed by atoms with Gasteiger partial charge in [-0.2, -0.15) is 0 Å². The minimum absolute atomic E-state index is 0. The average molecular weight is 273 g/mol. The molecule has 100 valence electrons. The van der Waals surface area contributed by atoms with Crippen LogP contribution in [0.2, 0.25) is 0 Å². The highest BCUT2D eigenvalue weighted by atomic mass is 35.5. The first-order chi connectivity index (χ1) is 8.25. The van der Waals surface area contributed by atoms with Crippen LogP contribution in [-0.4, -0.2) is 19.0 Å². The van der Waals surface area contributed by atoms with Crippen LogP contribution in [0.4, 0.5) is 10.1 Å². The second-order valence-electron chi connectivity index (χ2n) is 4.43. The Balaban J connectivity index is 0.00000162. The molecule has 3 nitrogen and oxygen atoms in total. The third-order valence-corrected chi connectivity index (χ3v) is 3.08. The Bertz CT molecular complexity index is 394. The van der Waals surface area contributed by atoms with E-state index in [9.17, 15) is 9.18 Å². The SMILES string of the molecule is Cl.O=C(CC1CCNCC1)Nc1ccccc1F. The smallest absolute Gasteiger partial charge is 0.224 e. The van der Waals surface area contributed by atoms with Crippen molar-refractivity contribution in [3.8, 4) is 0 Å². The molecule has 1 aromatic carbocycles. The van der Waals surface area contributed by atoms with Gasteiger partial charge in [0.1, 0.15) is 5.82 Å². The van der Waals surface area contributed by atoms with E-state index in [1.807, 2.05) is 0 Å². The van der Waals surface area contributed by atoms with Crippen LogP contribution in [0.15, 0.2) is 24.3 Å². The molecule has 0 radical (unpaired) electrons. The maximum absolute atomic E-state index is 13.3. The standard InChI is InChI=1S/C13H17FN2O.ClH/c14-11-3-1-2-4-12(11)16-13(17)9-10-5-7-15-8-6-10;/h1-4,10,15H,5-9H2,(H,16,17);1H. The largest absolute Gasteiger partial charge is 0.324 e. The quantitative estimate of drug-likeness (QED) is 0.888. The third-order valence-electron chi connectivity index (χ3n) is 3.08. The zero-order valence-electron chi connectivity index (χ0n) is 10.1. The molecule has 1 heterocycles. The number of carbonyl (C=O) groups excluding carboxylic acids is 1. The van der Waals surface area contributed by atoms with Crippen molar-refractivity contribution < 1.29 is 9.18 Å². The van der Waals surface area contributed by atoms with Crippen LogP contribution in [0.25, 0.3) is 0 Å². The normalized spacial score (nSPS) is 15.8. The Morgan fingerprint density at radius 2 is 2.00 bits per heavy atom. The number of rotatable bonds is 3. The highest BCUT2D eigenvalue weighted by molar-refractivity contribution is 5.90. The Labute approximate surface area is 113 Å². The number of nitrogens with one attached hydrogen (secondary N) is 2. The van der Waals surface area contributed by atoms with Crippen molar-refractivity contribution >= 4 is 24.0 Å². The Kier molecular flexibility index (Phi) is 6.09. The summed E-state index contributed by atoms with van der Waals surface area (Å²) in [6.45, 7) is 1.94. The molecule has 0 aromatic heterocycles. The molecule has 0 saturated carbocycles. The first-order valence-electron chi connectivity index (χ1n) is 6.01. The summed E-state index contributed by atoms with van der Waals surface area (Å²) in [6, 6.07) is 6.25. The number of carbonyl (C=O) groups is 1. The summed E-state index contributed by atoms with van der Waals surface area (Å²) in [6.07, 6.45) is 2.52. The molecular formula is C13H18ClFN2O. The van der Waals surface area contributed by atoms with E-state index in [-0.39, 0.29) is 29.8 Å². The van der Waals surface area contributed by atoms with E-state index in [1.165, 1.54) is 6.07 Å². The lowest BCUT2D eigenvalue weighted by Gasteiger charge is -2.21. The highest BCUT2D eigenvalue weighted by Crippen LogP contribution is 2.18. The van der Waals surface area contributed by atoms with Crippen LogP contribution in [-0.2, 0) is 4.79 Å². The Hall–Kier alpha value is -1.13. The minimum Gasteiger partial charge on any atom is -0.324 e. The summed E-state index contributed by atoms with van der Waals surface area (Å²) in [5, 5.41) is 5.88. The average Bonchev–Trinajstić information content (AvgIpc) is 2.33. The molecule has 1 amide bonds. The topological polar surface area (TPSA) is 41.1 Å². The van der Waals surface area contributed by atoms with Gasteiger partial charge in [-0.15, -0.1) is 12.4 Å². The molecule has 0 unspecified atom stereocenters. The van der Waals surface area contributed by atoms with E-state index in [1.54, 1.807) is 18.2 Å². The number of amides is 1. The fraction of sp³-hybridized carbons (Fsp3) is 0.462. The molecule has 2 rings (SSSR count). The van der Waals surface area contributed by atoms with Crippen molar-refractivity contribution in [3.63, 3.8) is 0 Å². The molecule has 1 aliphatic rings. The second-order valence-corrected chi connectivity index (χ2v) is 4.43. The number of anilines is 1. The molecule has 1 aromatic rings. The first-order valence-corrected chi connectivity index (χ1v) is 6.01. The van der Waals surface area contributed by atoms with Gasteiger partial charge in [-0.3, -0.25) is 4.79 Å². The van der Waals surface area contributed by atoms with E-state index in [0.29, 0.717) is 12.3 Å². The summed E-state index contributed by atoms with van der Waals surface area (Å²) in [5.74, 6) is -0.0591. The molecule has 1 fully saturated rings. The van der Waals surface area contributed by atoms with Gasteiger partial charge in [0.15, 0.2) is 0 Å². The number of para-hydroxylation sites is 1. The van der Waals surface area contributed by atoms with Gasteiger partial charge < -0.3 is 10.6 Å². The fourth-order valence-corrected chi connectivity index (χ4v) is 2.11. The monoisotopic (exact) mass is 272 g/mol. The van der Waals surface area contributed by atoms with Crippen LogP contribution >= 0.6 is 12.4 Å². The van der Waals surface area contributed by atoms with E-state index in [0.717, 1.165) is 25.9 Å². The van der Waals surface area contributed by atoms with Gasteiger partial charge in [0.25, 0.3) is 0 Å². The predicted octanol–water partition coefficient (Wildman–Crippen LogP) is 2.58. The number of benzene rings is 1. The highest BCUT2D eigenvalue weighted by Gasteiger charge is 2.17. The Morgan fingerprint density at radius 1 is 1.33 bits per heavy atom. The maximum atomic E-state index is 13.3. The fourth-order valence-electron chi connectivity index (χ4n) is 2.11. The van der Waals surface area contributed by atoms with Crippen molar-refractivity contribution in [2.45, 2.75) is 19.3 Å². The first kappa shape index (κ1) is 14.9. The van der Waals surface area contributed by atoms with Crippen molar-refractivity contribution in [3.05, 3.63) is 30.1 Å². The lowest BCUT2D eigenvalue weighted by atomic mass is 9.94. The van der Waals surface area contributed by atoms with Gasteiger partial charge >= 0.3 is 0 Å². The van der Waals surface area contributed by atoms with Crippen molar-refractivity contribution in [2.24, 2.45) is 5.92 Å². The second kappa shape index (κ2) is 7.34. The molecule has 1 saturated heterocycles. The van der Waals surface area contributed by atoms with Crippen molar-refractivity contribution in [2.75, 3.05) is 18.4 Å². The zero-order valence-corrected chi connectivity index (χ0v) is 10.9. The predicted molar refractivity (Wildman–Crippen MR) is 72.5 cm³/mol. The molecule has 0 bridgehead atoms. The van der Waals surface area contributed by atoms with Gasteiger partial charge in [0.05, 0.1) is 5.69 Å². The van der Waals surface area contributed by atoms with E-state index >= 15 is 0 Å². The maximum Gasteiger partial charge on any atom is 0.224 e. The van der Waals surface area contributed by atoms with Gasteiger partial charge in [-0.1, -0.05) is 12.1 Å². The zero-order chi connectivity index (χ0) is 12.1. The van der Waals surface area contributed by atoms with Gasteiger partial charge in [0.2, 0.25) is 5.91 Å². The molecule has 5 heteroatoms. The molecular weight excluding hydrogens is 255 g/mol. The lowest BCUT2D eigenvalue weighted by Crippen LogP contribution is -2.30. The number of hydrogen-bond donors (Lipinski definition) is 2. The lowest BCUT2D eigenvalue weighted by molar-refractivity contribution is -0.117. The molecule has 18 heavy (non-hydrogen) atoms. The van der Waals surface area contributed by atoms with Crippen LogP contribution in [0, 0.1) is 11.7 Å². The summed E-state index contributed by atoms with van der Waals surface area (Å²) >= 11 is 0. The van der Waals surface area contributed by atoms with Crippen LogP contribution in [0.1, 0.15) is 19.3 Å². The van der Waals surface area contributed by atoms with Crippen molar-refractivity contribution in [1.82, 2.24) is 5.32 Å². The van der Waals surface area contributed by atoms with Gasteiger partial charge in [0, 0.05) is 6.42 Å². The number of halogens is 2. The van der Waals surface area contributed by atoms with Gasteiger partial charge in [-0.05, 0) is 44.0 Å². The number of piperidine rings is 1. The van der Waals surface area contributed by atoms with Crippen LogP contribution < -0.4 is 10.6 Å².